The average molecular weight is 301 g/mol. The predicted molar refractivity (Wildman–Crippen MR) is 92.3 cm³/mol. The second-order valence-corrected chi connectivity index (χ2v) is 6.90. The Bertz CT molecular complexity index is 856. The Balaban J connectivity index is 1.57. The van der Waals surface area contributed by atoms with Crippen molar-refractivity contribution in [3.63, 3.8) is 0 Å². The molecule has 0 spiro atoms. The first-order valence-corrected chi connectivity index (χ1v) is 8.36. The maximum Gasteiger partial charge on any atom is 0.0723 e. The summed E-state index contributed by atoms with van der Waals surface area (Å²) in [6.07, 6.45) is 8.51. The Morgan fingerprint density at radius 3 is 2.52 bits per heavy atom. The van der Waals surface area contributed by atoms with Gasteiger partial charge in [0.1, 0.15) is 0 Å². The van der Waals surface area contributed by atoms with Crippen molar-refractivity contribution in [2.24, 2.45) is 0 Å². The van der Waals surface area contributed by atoms with Crippen LogP contribution in [0.4, 0.5) is 0 Å². The topological polar surface area (TPSA) is 29.0 Å². The highest BCUT2D eigenvalue weighted by Gasteiger charge is 2.44. The number of nitrogens with zero attached hydrogens (tertiary/aromatic N) is 3. The minimum atomic E-state index is 0.364. The molecule has 114 valence electrons. The van der Waals surface area contributed by atoms with Crippen LogP contribution in [0.1, 0.15) is 18.4 Å². The first kappa shape index (κ1) is 13.2. The molecule has 2 fully saturated rings. The highest BCUT2D eigenvalue weighted by Crippen LogP contribution is 2.43. The van der Waals surface area contributed by atoms with Gasteiger partial charge in [-0.3, -0.25) is 9.97 Å². The summed E-state index contributed by atoms with van der Waals surface area (Å²) in [6, 6.07) is 12.8. The van der Waals surface area contributed by atoms with Crippen LogP contribution in [-0.4, -0.2) is 34.5 Å². The van der Waals surface area contributed by atoms with Gasteiger partial charge in [0.2, 0.25) is 0 Å². The zero-order valence-electron chi connectivity index (χ0n) is 13.1. The summed E-state index contributed by atoms with van der Waals surface area (Å²) in [5.74, 6) is 0. The van der Waals surface area contributed by atoms with Crippen molar-refractivity contribution in [2.45, 2.75) is 18.3 Å². The van der Waals surface area contributed by atoms with Gasteiger partial charge in [-0.25, -0.2) is 0 Å². The first-order chi connectivity index (χ1) is 11.3. The largest absolute Gasteiger partial charge is 0.302 e. The highest BCUT2D eigenvalue weighted by molar-refractivity contribution is 5.94. The Hall–Kier alpha value is -2.26. The molecule has 3 nitrogen and oxygen atoms in total. The molecule has 0 radical (unpaired) electrons. The lowest BCUT2D eigenvalue weighted by Gasteiger charge is -2.25. The molecule has 0 atom stereocenters. The molecular weight excluding hydrogens is 282 g/mol. The molecule has 2 aliphatic rings. The number of hydrogen-bond acceptors (Lipinski definition) is 3. The predicted octanol–water partition coefficient (Wildman–Crippen LogP) is 3.64. The van der Waals surface area contributed by atoms with E-state index in [1.165, 1.54) is 43.4 Å². The van der Waals surface area contributed by atoms with E-state index >= 15 is 0 Å². The van der Waals surface area contributed by atoms with Crippen LogP contribution in [0.3, 0.4) is 0 Å². The molecule has 2 saturated heterocycles. The molecule has 3 heteroatoms. The SMILES string of the molecule is c1ccc2c(-c3ccc(C45CCN(CC4)C5)cn3)cncc2c1. The van der Waals surface area contributed by atoms with Crippen LogP contribution in [0.25, 0.3) is 22.0 Å². The van der Waals surface area contributed by atoms with E-state index in [9.17, 15) is 0 Å². The summed E-state index contributed by atoms with van der Waals surface area (Å²) in [5, 5.41) is 2.38. The minimum Gasteiger partial charge on any atom is -0.302 e. The van der Waals surface area contributed by atoms with E-state index in [1.54, 1.807) is 0 Å². The van der Waals surface area contributed by atoms with Gasteiger partial charge in [-0.1, -0.05) is 30.3 Å². The van der Waals surface area contributed by atoms with Crippen LogP contribution in [0, 0.1) is 0 Å². The van der Waals surface area contributed by atoms with Crippen LogP contribution < -0.4 is 0 Å². The van der Waals surface area contributed by atoms with Gasteiger partial charge in [-0.2, -0.15) is 0 Å². The lowest BCUT2D eigenvalue weighted by atomic mass is 9.78. The van der Waals surface area contributed by atoms with Gasteiger partial charge in [0, 0.05) is 41.5 Å². The van der Waals surface area contributed by atoms with Crippen LogP contribution in [0.15, 0.2) is 55.0 Å². The molecule has 1 aromatic carbocycles. The van der Waals surface area contributed by atoms with Crippen molar-refractivity contribution in [1.82, 2.24) is 14.9 Å². The fourth-order valence-corrected chi connectivity index (χ4v) is 4.29. The van der Waals surface area contributed by atoms with Crippen molar-refractivity contribution < 1.29 is 0 Å². The van der Waals surface area contributed by atoms with Crippen LogP contribution in [-0.2, 0) is 5.41 Å². The van der Waals surface area contributed by atoms with E-state index in [-0.39, 0.29) is 0 Å². The van der Waals surface area contributed by atoms with Crippen LogP contribution in [0.5, 0.6) is 0 Å². The molecule has 0 amide bonds. The number of rotatable bonds is 2. The van der Waals surface area contributed by atoms with Gasteiger partial charge in [0.15, 0.2) is 0 Å². The molecule has 0 N–H and O–H groups in total. The van der Waals surface area contributed by atoms with E-state index in [0.29, 0.717) is 5.41 Å². The Kier molecular flexibility index (Phi) is 2.79. The first-order valence-electron chi connectivity index (χ1n) is 8.36. The summed E-state index contributed by atoms with van der Waals surface area (Å²) in [5.41, 5.74) is 3.91. The average Bonchev–Trinajstić information content (AvgIpc) is 3.24. The van der Waals surface area contributed by atoms with Crippen LogP contribution in [0.2, 0.25) is 0 Å². The summed E-state index contributed by atoms with van der Waals surface area (Å²) >= 11 is 0. The van der Waals surface area contributed by atoms with E-state index in [4.69, 9.17) is 4.98 Å². The normalized spacial score (nSPS) is 26.0. The van der Waals surface area contributed by atoms with Gasteiger partial charge in [0.25, 0.3) is 0 Å². The minimum absolute atomic E-state index is 0.364. The molecule has 4 heterocycles. The molecule has 2 aromatic heterocycles. The Labute approximate surface area is 136 Å². The quantitative estimate of drug-likeness (QED) is 0.723. The second-order valence-electron chi connectivity index (χ2n) is 6.90. The van der Waals surface area contributed by atoms with Crippen molar-refractivity contribution in [2.75, 3.05) is 19.6 Å². The van der Waals surface area contributed by atoms with Gasteiger partial charge >= 0.3 is 0 Å². The number of aromatic nitrogens is 2. The fraction of sp³-hybridized carbons (Fsp3) is 0.300. The van der Waals surface area contributed by atoms with Crippen molar-refractivity contribution in [1.29, 1.82) is 0 Å². The zero-order valence-corrected chi connectivity index (χ0v) is 13.1. The summed E-state index contributed by atoms with van der Waals surface area (Å²) in [7, 11) is 0. The lowest BCUT2D eigenvalue weighted by molar-refractivity contribution is 0.364. The lowest BCUT2D eigenvalue weighted by Crippen LogP contribution is -2.24. The number of hydrogen-bond donors (Lipinski definition) is 0. The number of fused-ring (bicyclic) bond motifs is 3. The maximum atomic E-state index is 4.80. The fourth-order valence-electron chi connectivity index (χ4n) is 4.29. The third kappa shape index (κ3) is 2.00. The van der Waals surface area contributed by atoms with Gasteiger partial charge in [0.05, 0.1) is 5.69 Å². The van der Waals surface area contributed by atoms with Crippen molar-refractivity contribution >= 4 is 10.8 Å². The molecule has 0 saturated carbocycles. The third-order valence-electron chi connectivity index (χ3n) is 5.66. The van der Waals surface area contributed by atoms with E-state index in [2.05, 4.69) is 52.5 Å². The Morgan fingerprint density at radius 1 is 0.913 bits per heavy atom. The zero-order chi connectivity index (χ0) is 15.3. The number of pyridine rings is 2. The Morgan fingerprint density at radius 2 is 1.78 bits per heavy atom. The third-order valence-corrected chi connectivity index (χ3v) is 5.66. The van der Waals surface area contributed by atoms with E-state index in [1.807, 2.05) is 12.4 Å². The van der Waals surface area contributed by atoms with Crippen molar-refractivity contribution in [3.8, 4) is 11.3 Å². The summed E-state index contributed by atoms with van der Waals surface area (Å²) in [4.78, 5) is 11.7. The highest BCUT2D eigenvalue weighted by atomic mass is 15.2. The molecule has 0 unspecified atom stereocenters. The molecular formula is C20H19N3. The molecule has 0 aliphatic carbocycles. The number of piperidine rings is 1. The van der Waals surface area contributed by atoms with Crippen LogP contribution >= 0.6 is 0 Å². The smallest absolute Gasteiger partial charge is 0.0723 e. The molecule has 2 bridgehead atoms. The number of benzene rings is 1. The maximum absolute atomic E-state index is 4.80. The molecule has 23 heavy (non-hydrogen) atoms. The van der Waals surface area contributed by atoms with Gasteiger partial charge in [-0.05, 0) is 42.9 Å². The van der Waals surface area contributed by atoms with Crippen molar-refractivity contribution in [3.05, 3.63) is 60.6 Å². The summed E-state index contributed by atoms with van der Waals surface area (Å²) in [6.45, 7) is 3.70. The molecule has 2 aliphatic heterocycles. The molecule has 3 aromatic rings. The molecule has 5 rings (SSSR count). The van der Waals surface area contributed by atoms with Gasteiger partial charge < -0.3 is 4.90 Å². The van der Waals surface area contributed by atoms with Gasteiger partial charge in [-0.15, -0.1) is 0 Å². The second kappa shape index (κ2) is 4.87. The van der Waals surface area contributed by atoms with E-state index < -0.39 is 0 Å². The standard InChI is InChI=1S/C20H19N3/c1-2-4-17-15(3-1)11-21-13-18(17)19-6-5-16(12-22-19)20-7-9-23(14-20)10-8-20/h1-6,11-13H,7-10,14H2. The van der Waals surface area contributed by atoms with E-state index in [0.717, 1.165) is 16.6 Å². The summed E-state index contributed by atoms with van der Waals surface area (Å²) < 4.78 is 0. The monoisotopic (exact) mass is 301 g/mol.